The zero-order valence-electron chi connectivity index (χ0n) is 19.4. The van der Waals surface area contributed by atoms with Gasteiger partial charge in [0.1, 0.15) is 11.5 Å². The van der Waals surface area contributed by atoms with E-state index in [2.05, 4.69) is 10.3 Å². The summed E-state index contributed by atoms with van der Waals surface area (Å²) < 4.78 is 10.8. The van der Waals surface area contributed by atoms with Crippen LogP contribution < -0.4 is 20.3 Å². The number of anilines is 1. The number of carbonyl (C=O) groups is 1. The van der Waals surface area contributed by atoms with Crippen LogP contribution in [0.4, 0.5) is 10.5 Å². The topological polar surface area (TPSA) is 83.7 Å². The number of ether oxygens (including phenoxy) is 2. The molecule has 1 aromatic heterocycles. The number of hydrogen-bond acceptors (Lipinski definition) is 4. The quantitative estimate of drug-likeness (QED) is 0.405. The van der Waals surface area contributed by atoms with E-state index in [0.29, 0.717) is 22.7 Å². The highest BCUT2D eigenvalue weighted by Gasteiger charge is 2.20. The molecule has 0 atom stereocenters. The molecule has 174 valence electrons. The van der Waals surface area contributed by atoms with Gasteiger partial charge in [0.05, 0.1) is 33.0 Å². The van der Waals surface area contributed by atoms with E-state index < -0.39 is 0 Å². The second-order valence-corrected chi connectivity index (χ2v) is 8.01. The monoisotopic (exact) mass is 457 g/mol. The van der Waals surface area contributed by atoms with Crippen molar-refractivity contribution in [3.63, 3.8) is 0 Å². The molecule has 0 spiro atoms. The Morgan fingerprint density at radius 2 is 1.56 bits per heavy atom. The first-order valence-corrected chi connectivity index (χ1v) is 10.9. The van der Waals surface area contributed by atoms with Crippen LogP contribution in [-0.2, 0) is 13.1 Å². The molecule has 2 amide bonds. The summed E-state index contributed by atoms with van der Waals surface area (Å²) in [5.74, 6) is 1.22. The lowest BCUT2D eigenvalue weighted by atomic mass is 10.1. The Hall–Kier alpha value is -4.26. The SMILES string of the molecule is COc1ccccc1CN(Cc1cc2ccc(C)cc2[nH]c1=O)C(=O)Nc1ccccc1OC. The van der Waals surface area contributed by atoms with Gasteiger partial charge in [-0.3, -0.25) is 4.79 Å². The molecule has 4 aromatic rings. The molecular weight excluding hydrogens is 430 g/mol. The summed E-state index contributed by atoms with van der Waals surface area (Å²) >= 11 is 0. The second kappa shape index (κ2) is 10.1. The lowest BCUT2D eigenvalue weighted by Gasteiger charge is -2.24. The van der Waals surface area contributed by atoms with E-state index in [0.717, 1.165) is 22.0 Å². The van der Waals surface area contributed by atoms with E-state index >= 15 is 0 Å². The van der Waals surface area contributed by atoms with Crippen LogP contribution in [0.15, 0.2) is 77.6 Å². The Morgan fingerprint density at radius 3 is 2.32 bits per heavy atom. The van der Waals surface area contributed by atoms with Crippen molar-refractivity contribution in [2.75, 3.05) is 19.5 Å². The Kier molecular flexibility index (Phi) is 6.82. The number of nitrogens with zero attached hydrogens (tertiary/aromatic N) is 1. The van der Waals surface area contributed by atoms with Crippen molar-refractivity contribution in [1.29, 1.82) is 0 Å². The zero-order chi connectivity index (χ0) is 24.1. The van der Waals surface area contributed by atoms with E-state index in [4.69, 9.17) is 9.47 Å². The standard InChI is InChI=1S/C27H27N3O4/c1-18-12-13-19-15-21(26(31)28-23(19)14-18)17-30(16-20-8-4-6-10-24(20)33-2)27(32)29-22-9-5-7-11-25(22)34-3/h4-15H,16-17H2,1-3H3,(H,28,31)(H,29,32). The van der Waals surface area contributed by atoms with Crippen molar-refractivity contribution in [3.05, 3.63) is 99.8 Å². The van der Waals surface area contributed by atoms with Gasteiger partial charge in [-0.2, -0.15) is 0 Å². The third kappa shape index (κ3) is 5.04. The molecule has 1 heterocycles. The number of pyridine rings is 1. The summed E-state index contributed by atoms with van der Waals surface area (Å²) in [6, 6.07) is 22.0. The minimum absolute atomic E-state index is 0.109. The summed E-state index contributed by atoms with van der Waals surface area (Å²) in [6.07, 6.45) is 0. The van der Waals surface area contributed by atoms with Crippen molar-refractivity contribution in [2.24, 2.45) is 0 Å². The third-order valence-electron chi connectivity index (χ3n) is 5.63. The average Bonchev–Trinajstić information content (AvgIpc) is 2.84. The molecule has 0 unspecified atom stereocenters. The molecule has 34 heavy (non-hydrogen) atoms. The Bertz CT molecular complexity index is 1380. The van der Waals surface area contributed by atoms with Crippen LogP contribution in [0, 0.1) is 6.92 Å². The van der Waals surface area contributed by atoms with Gasteiger partial charge in [-0.05, 0) is 48.2 Å². The predicted octanol–water partition coefficient (Wildman–Crippen LogP) is 5.09. The maximum atomic E-state index is 13.4. The number of H-pyrrole nitrogens is 1. The van der Waals surface area contributed by atoms with Crippen molar-refractivity contribution in [2.45, 2.75) is 20.0 Å². The van der Waals surface area contributed by atoms with Gasteiger partial charge in [0.15, 0.2) is 0 Å². The van der Waals surface area contributed by atoms with E-state index in [-0.39, 0.29) is 24.7 Å². The summed E-state index contributed by atoms with van der Waals surface area (Å²) in [5.41, 5.74) is 3.46. The van der Waals surface area contributed by atoms with Crippen LogP contribution in [0.1, 0.15) is 16.7 Å². The number of amides is 2. The first kappa shape index (κ1) is 22.9. The first-order chi connectivity index (χ1) is 16.5. The molecule has 0 fully saturated rings. The van der Waals surface area contributed by atoms with Gasteiger partial charge in [0.2, 0.25) is 0 Å². The average molecular weight is 458 g/mol. The molecule has 0 aliphatic rings. The van der Waals surface area contributed by atoms with Crippen LogP contribution in [0.2, 0.25) is 0 Å². The molecule has 0 bridgehead atoms. The molecule has 0 saturated carbocycles. The van der Waals surface area contributed by atoms with Gasteiger partial charge >= 0.3 is 6.03 Å². The van der Waals surface area contributed by atoms with Crippen LogP contribution >= 0.6 is 0 Å². The Morgan fingerprint density at radius 1 is 0.882 bits per heavy atom. The highest BCUT2D eigenvalue weighted by Crippen LogP contribution is 2.25. The van der Waals surface area contributed by atoms with Crippen molar-refractivity contribution >= 4 is 22.6 Å². The van der Waals surface area contributed by atoms with E-state index in [9.17, 15) is 9.59 Å². The van der Waals surface area contributed by atoms with Crippen LogP contribution in [0.3, 0.4) is 0 Å². The fourth-order valence-corrected chi connectivity index (χ4v) is 3.86. The number of rotatable bonds is 7. The maximum absolute atomic E-state index is 13.4. The largest absolute Gasteiger partial charge is 0.496 e. The number of aryl methyl sites for hydroxylation is 1. The number of carbonyl (C=O) groups excluding carboxylic acids is 1. The Labute approximate surface area is 197 Å². The fourth-order valence-electron chi connectivity index (χ4n) is 3.86. The van der Waals surface area contributed by atoms with Gasteiger partial charge in [-0.1, -0.05) is 42.5 Å². The number of aromatic nitrogens is 1. The molecule has 3 aromatic carbocycles. The number of fused-ring (bicyclic) bond motifs is 1. The molecular formula is C27H27N3O4. The van der Waals surface area contributed by atoms with E-state index in [1.807, 2.05) is 67.6 Å². The lowest BCUT2D eigenvalue weighted by molar-refractivity contribution is 0.205. The molecule has 0 radical (unpaired) electrons. The van der Waals surface area contributed by atoms with Gasteiger partial charge < -0.3 is 24.7 Å². The molecule has 0 aliphatic heterocycles. The number of para-hydroxylation sites is 3. The summed E-state index contributed by atoms with van der Waals surface area (Å²) in [6.45, 7) is 2.33. The van der Waals surface area contributed by atoms with Gasteiger partial charge in [-0.15, -0.1) is 0 Å². The lowest BCUT2D eigenvalue weighted by Crippen LogP contribution is -2.36. The zero-order valence-corrected chi connectivity index (χ0v) is 19.4. The van der Waals surface area contributed by atoms with Gasteiger partial charge in [-0.25, -0.2) is 4.79 Å². The van der Waals surface area contributed by atoms with Crippen molar-refractivity contribution < 1.29 is 14.3 Å². The number of hydrogen-bond donors (Lipinski definition) is 2. The summed E-state index contributed by atoms with van der Waals surface area (Å²) in [5, 5.41) is 3.82. The van der Waals surface area contributed by atoms with Crippen LogP contribution in [0.25, 0.3) is 10.9 Å². The van der Waals surface area contributed by atoms with Crippen molar-refractivity contribution in [3.8, 4) is 11.5 Å². The Balaban J connectivity index is 1.69. The number of benzene rings is 3. The summed E-state index contributed by atoms with van der Waals surface area (Å²) in [4.78, 5) is 30.8. The third-order valence-corrected chi connectivity index (χ3v) is 5.63. The normalized spacial score (nSPS) is 10.7. The van der Waals surface area contributed by atoms with Crippen molar-refractivity contribution in [1.82, 2.24) is 9.88 Å². The van der Waals surface area contributed by atoms with Gasteiger partial charge in [0, 0.05) is 16.6 Å². The minimum Gasteiger partial charge on any atom is -0.496 e. The van der Waals surface area contributed by atoms with E-state index in [1.165, 1.54) is 0 Å². The molecule has 4 rings (SSSR count). The van der Waals surface area contributed by atoms with Crippen LogP contribution in [0.5, 0.6) is 11.5 Å². The first-order valence-electron chi connectivity index (χ1n) is 10.9. The summed E-state index contributed by atoms with van der Waals surface area (Å²) in [7, 11) is 3.14. The fraction of sp³-hybridized carbons (Fsp3) is 0.185. The number of urea groups is 1. The highest BCUT2D eigenvalue weighted by molar-refractivity contribution is 5.91. The molecule has 2 N–H and O–H groups in total. The second-order valence-electron chi connectivity index (χ2n) is 8.01. The predicted molar refractivity (Wildman–Crippen MR) is 134 cm³/mol. The molecule has 0 saturated heterocycles. The molecule has 7 nitrogen and oxygen atoms in total. The highest BCUT2D eigenvalue weighted by atomic mass is 16.5. The smallest absolute Gasteiger partial charge is 0.322 e. The molecule has 0 aliphatic carbocycles. The molecule has 7 heteroatoms. The van der Waals surface area contributed by atoms with E-state index in [1.54, 1.807) is 31.3 Å². The van der Waals surface area contributed by atoms with Crippen LogP contribution in [-0.4, -0.2) is 30.1 Å². The number of aromatic amines is 1. The van der Waals surface area contributed by atoms with Gasteiger partial charge in [0.25, 0.3) is 5.56 Å². The minimum atomic E-state index is -0.362. The number of methoxy groups -OCH3 is 2. The number of nitrogens with one attached hydrogen (secondary N) is 2. The maximum Gasteiger partial charge on any atom is 0.322 e.